The zero-order valence-electron chi connectivity index (χ0n) is 29.6. The molecule has 0 aromatic heterocycles. The summed E-state index contributed by atoms with van der Waals surface area (Å²) < 4.78 is 11.3. The van der Waals surface area contributed by atoms with Crippen LogP contribution in [0.4, 0.5) is 4.79 Å². The second-order valence-corrected chi connectivity index (χ2v) is 14.1. The Morgan fingerprint density at radius 1 is 1.24 bits per heavy atom. The average Bonchev–Trinajstić information content (AvgIpc) is 3.82. The molecule has 2 aliphatic carbocycles. The quantitative estimate of drug-likeness (QED) is 0.125. The number of allylic oxidation sites excluding steroid dienone is 11. The SMILES string of the molecule is C=C1CN=C(C)C(/C(=C\C(C)=C/C2=CC(OC)=CC=C=C2C)C2CC2)=C(C(=C)C[C@@H](C)CN(C(=O)OC(C)(C)C)[C@H](C)CC)C1. The molecule has 1 aliphatic heterocycles. The van der Waals surface area contributed by atoms with Crippen LogP contribution < -0.4 is 0 Å². The van der Waals surface area contributed by atoms with Crippen LogP contribution in [0.3, 0.4) is 0 Å². The van der Waals surface area contributed by atoms with Gasteiger partial charge in [-0.1, -0.05) is 55.9 Å². The Labute approximate surface area is 273 Å². The molecule has 1 amide bonds. The first-order chi connectivity index (χ1) is 21.1. The van der Waals surface area contributed by atoms with Gasteiger partial charge in [-0.15, -0.1) is 5.73 Å². The molecule has 244 valence electrons. The number of carbonyl (C=O) groups excluding carboxylic acids is 1. The van der Waals surface area contributed by atoms with Crippen LogP contribution in [-0.2, 0) is 9.47 Å². The third kappa shape index (κ3) is 10.5. The monoisotopic (exact) mass is 612 g/mol. The predicted molar refractivity (Wildman–Crippen MR) is 189 cm³/mol. The number of amides is 1. The van der Waals surface area contributed by atoms with E-state index in [2.05, 4.69) is 78.7 Å². The van der Waals surface area contributed by atoms with Gasteiger partial charge < -0.3 is 14.4 Å². The van der Waals surface area contributed by atoms with E-state index < -0.39 is 5.60 Å². The summed E-state index contributed by atoms with van der Waals surface area (Å²) in [4.78, 5) is 20.0. The van der Waals surface area contributed by atoms with Crippen molar-refractivity contribution in [1.29, 1.82) is 0 Å². The van der Waals surface area contributed by atoms with Crippen molar-refractivity contribution in [3.05, 3.63) is 99.6 Å². The second kappa shape index (κ2) is 15.6. The Hall–Kier alpha value is -3.56. The second-order valence-electron chi connectivity index (χ2n) is 14.1. The van der Waals surface area contributed by atoms with Gasteiger partial charge in [0.1, 0.15) is 11.4 Å². The highest BCUT2D eigenvalue weighted by Crippen LogP contribution is 2.44. The van der Waals surface area contributed by atoms with Crippen LogP contribution in [0, 0.1) is 11.8 Å². The molecule has 5 nitrogen and oxygen atoms in total. The van der Waals surface area contributed by atoms with Gasteiger partial charge in [-0.3, -0.25) is 4.99 Å². The van der Waals surface area contributed by atoms with E-state index in [9.17, 15) is 4.79 Å². The molecule has 1 fully saturated rings. The standard InChI is InChI=1S/C40H56N2O3/c1-13-31(7)42(39(43)45-40(9,10)11)25-28(4)19-30(6)36-22-27(3)24-41-32(8)38(36)37(33-17-18-33)21-26(2)20-34-23-35(44-12)16-14-15-29(34)5/h14,16,20-21,23,28,31,33H,3,6,13,17-19,22,24-25H2,1-2,4-5,7-12H3/b26-20-,37-21-/t28-,31-/m1/s1. The number of aliphatic imine (C=N–C) groups is 1. The van der Waals surface area contributed by atoms with Crippen molar-refractivity contribution in [2.45, 2.75) is 106 Å². The van der Waals surface area contributed by atoms with E-state index in [4.69, 9.17) is 14.5 Å². The Balaban J connectivity index is 1.99. The van der Waals surface area contributed by atoms with Gasteiger partial charge in [0.15, 0.2) is 0 Å². The molecule has 2 atom stereocenters. The first-order valence-corrected chi connectivity index (χ1v) is 16.5. The highest BCUT2D eigenvalue weighted by Gasteiger charge is 2.33. The van der Waals surface area contributed by atoms with Gasteiger partial charge in [-0.05, 0) is 133 Å². The molecule has 3 aliphatic rings. The van der Waals surface area contributed by atoms with E-state index in [1.165, 1.54) is 35.1 Å². The Bertz CT molecular complexity index is 1430. The van der Waals surface area contributed by atoms with Crippen molar-refractivity contribution in [3.63, 3.8) is 0 Å². The lowest BCUT2D eigenvalue weighted by molar-refractivity contribution is 0.0142. The summed E-state index contributed by atoms with van der Waals surface area (Å²) in [6, 6.07) is 0.0875. The van der Waals surface area contributed by atoms with Crippen LogP contribution in [0.2, 0.25) is 0 Å². The number of hydrogen-bond donors (Lipinski definition) is 0. The van der Waals surface area contributed by atoms with E-state index in [0.29, 0.717) is 19.0 Å². The predicted octanol–water partition coefficient (Wildman–Crippen LogP) is 10.2. The van der Waals surface area contributed by atoms with Gasteiger partial charge in [-0.25, -0.2) is 4.79 Å². The fourth-order valence-corrected chi connectivity index (χ4v) is 5.77. The number of hydrogen-bond acceptors (Lipinski definition) is 4. The summed E-state index contributed by atoms with van der Waals surface area (Å²) in [5.41, 5.74) is 13.2. The minimum Gasteiger partial charge on any atom is -0.497 e. The van der Waals surface area contributed by atoms with Gasteiger partial charge in [0.05, 0.1) is 13.7 Å². The summed E-state index contributed by atoms with van der Waals surface area (Å²) in [6.45, 7) is 28.8. The first-order valence-electron chi connectivity index (χ1n) is 16.5. The van der Waals surface area contributed by atoms with Crippen LogP contribution in [0.5, 0.6) is 0 Å². The molecular formula is C40H56N2O3. The summed E-state index contributed by atoms with van der Waals surface area (Å²) in [6.07, 6.45) is 15.0. The van der Waals surface area contributed by atoms with Gasteiger partial charge in [0, 0.05) is 23.9 Å². The Morgan fingerprint density at radius 2 is 1.93 bits per heavy atom. The van der Waals surface area contributed by atoms with Crippen molar-refractivity contribution in [1.82, 2.24) is 4.90 Å². The van der Waals surface area contributed by atoms with Crippen molar-refractivity contribution in [2.75, 3.05) is 20.2 Å². The van der Waals surface area contributed by atoms with E-state index in [-0.39, 0.29) is 18.1 Å². The van der Waals surface area contributed by atoms with Crippen LogP contribution in [-0.4, -0.2) is 48.5 Å². The minimum atomic E-state index is -0.535. The fourth-order valence-electron chi connectivity index (χ4n) is 5.77. The highest BCUT2D eigenvalue weighted by molar-refractivity contribution is 6.04. The van der Waals surface area contributed by atoms with E-state index in [1.807, 2.05) is 37.8 Å². The Kier molecular flexibility index (Phi) is 12.5. The average molecular weight is 613 g/mol. The zero-order valence-corrected chi connectivity index (χ0v) is 29.6. The number of nitrogens with zero attached hydrogens (tertiary/aromatic N) is 2. The first kappa shape index (κ1) is 35.9. The molecule has 45 heavy (non-hydrogen) atoms. The van der Waals surface area contributed by atoms with E-state index >= 15 is 0 Å². The van der Waals surface area contributed by atoms with Crippen molar-refractivity contribution < 1.29 is 14.3 Å². The summed E-state index contributed by atoms with van der Waals surface area (Å²) in [5.74, 6) is 1.51. The van der Waals surface area contributed by atoms with Gasteiger partial charge in [0.2, 0.25) is 0 Å². The number of carbonyl (C=O) groups is 1. The minimum absolute atomic E-state index is 0.0875. The fraction of sp³-hybridized carbons (Fsp3) is 0.525. The number of rotatable bonds is 12. The van der Waals surface area contributed by atoms with Crippen molar-refractivity contribution >= 4 is 11.8 Å². The largest absolute Gasteiger partial charge is 0.497 e. The Morgan fingerprint density at radius 3 is 2.53 bits per heavy atom. The maximum absolute atomic E-state index is 13.2. The lowest BCUT2D eigenvalue weighted by Gasteiger charge is -2.33. The van der Waals surface area contributed by atoms with Gasteiger partial charge in [0.25, 0.3) is 0 Å². The normalized spacial score (nSPS) is 19.5. The van der Waals surface area contributed by atoms with E-state index in [1.54, 1.807) is 7.11 Å². The molecule has 1 heterocycles. The smallest absolute Gasteiger partial charge is 0.410 e. The summed E-state index contributed by atoms with van der Waals surface area (Å²) in [7, 11) is 1.69. The molecule has 0 radical (unpaired) electrons. The topological polar surface area (TPSA) is 51.1 Å². The number of methoxy groups -OCH3 is 1. The third-order valence-corrected chi connectivity index (χ3v) is 8.50. The van der Waals surface area contributed by atoms with Crippen molar-refractivity contribution in [2.24, 2.45) is 16.8 Å². The lowest BCUT2D eigenvalue weighted by Crippen LogP contribution is -2.44. The number of ether oxygens (including phenoxy) is 2. The van der Waals surface area contributed by atoms with Gasteiger partial charge in [-0.2, -0.15) is 0 Å². The maximum atomic E-state index is 13.2. The molecule has 0 saturated heterocycles. The molecule has 5 heteroatoms. The molecule has 0 N–H and O–H groups in total. The molecule has 0 spiro atoms. The lowest BCUT2D eigenvalue weighted by atomic mass is 9.83. The highest BCUT2D eigenvalue weighted by atomic mass is 16.6. The molecule has 3 rings (SSSR count). The molecular weight excluding hydrogens is 556 g/mol. The van der Waals surface area contributed by atoms with Crippen LogP contribution in [0.15, 0.2) is 105 Å². The molecule has 0 aromatic carbocycles. The van der Waals surface area contributed by atoms with Crippen molar-refractivity contribution in [3.8, 4) is 0 Å². The van der Waals surface area contributed by atoms with Crippen LogP contribution in [0.1, 0.15) is 94.4 Å². The van der Waals surface area contributed by atoms with Crippen LogP contribution >= 0.6 is 0 Å². The summed E-state index contributed by atoms with van der Waals surface area (Å²) >= 11 is 0. The maximum Gasteiger partial charge on any atom is 0.410 e. The third-order valence-electron chi connectivity index (χ3n) is 8.50. The van der Waals surface area contributed by atoms with E-state index in [0.717, 1.165) is 53.0 Å². The molecule has 0 unspecified atom stereocenters. The van der Waals surface area contributed by atoms with Crippen LogP contribution in [0.25, 0.3) is 0 Å². The zero-order chi connectivity index (χ0) is 33.5. The van der Waals surface area contributed by atoms with Gasteiger partial charge >= 0.3 is 6.09 Å². The molecule has 0 aromatic rings. The molecule has 1 saturated carbocycles. The summed E-state index contributed by atoms with van der Waals surface area (Å²) in [5, 5.41) is 0. The molecule has 0 bridgehead atoms.